The molecule has 1 amide bonds. The molecule has 0 unspecified atom stereocenters. The Kier molecular flexibility index (Phi) is 7.17. The third-order valence-electron chi connectivity index (χ3n) is 6.84. The van der Waals surface area contributed by atoms with Gasteiger partial charge in [-0.1, -0.05) is 60.3 Å². The van der Waals surface area contributed by atoms with E-state index in [1.807, 2.05) is 66.7 Å². The Morgan fingerprint density at radius 1 is 1.10 bits per heavy atom. The maximum atomic E-state index is 13.8. The van der Waals surface area contributed by atoms with Crippen LogP contribution in [0.15, 0.2) is 81.8 Å². The molecule has 2 heterocycles. The van der Waals surface area contributed by atoms with Crippen LogP contribution in [0.1, 0.15) is 28.8 Å². The molecule has 3 aromatic carbocycles. The first-order valence-corrected chi connectivity index (χ1v) is 14.6. The van der Waals surface area contributed by atoms with Gasteiger partial charge in [-0.25, -0.2) is 10.4 Å². The highest BCUT2D eigenvalue weighted by Crippen LogP contribution is 2.35. The number of carbonyl (C=O) groups excluding carboxylic acids is 1. The quantitative estimate of drug-likeness (QED) is 0.120. The maximum absolute atomic E-state index is 13.8. The number of hydrazone groups is 1. The molecule has 1 aliphatic rings. The Morgan fingerprint density at radius 3 is 2.74 bits per heavy atom. The summed E-state index contributed by atoms with van der Waals surface area (Å²) in [5, 5.41) is 7.45. The summed E-state index contributed by atoms with van der Waals surface area (Å²) in [6.45, 7) is 0. The van der Waals surface area contributed by atoms with Gasteiger partial charge in [0.25, 0.3) is 11.5 Å². The van der Waals surface area contributed by atoms with E-state index in [2.05, 4.69) is 10.5 Å². The lowest BCUT2D eigenvalue weighted by Crippen LogP contribution is -2.24. The molecular weight excluding hydrogens is 528 g/mol. The van der Waals surface area contributed by atoms with E-state index in [-0.39, 0.29) is 17.2 Å². The molecule has 1 aliphatic carbocycles. The smallest absolute Gasteiger partial charge is 0.267 e. The summed E-state index contributed by atoms with van der Waals surface area (Å²) < 4.78 is 7.13. The highest BCUT2D eigenvalue weighted by Gasteiger charge is 2.23. The molecule has 0 saturated carbocycles. The summed E-state index contributed by atoms with van der Waals surface area (Å²) >= 11 is 2.84. The molecule has 0 saturated heterocycles. The van der Waals surface area contributed by atoms with Gasteiger partial charge in [0.05, 0.1) is 30.2 Å². The second kappa shape index (κ2) is 11.0. The molecule has 39 heavy (non-hydrogen) atoms. The van der Waals surface area contributed by atoms with E-state index in [9.17, 15) is 9.59 Å². The summed E-state index contributed by atoms with van der Waals surface area (Å²) in [6.07, 6.45) is 5.73. The largest absolute Gasteiger partial charge is 0.496 e. The minimum Gasteiger partial charge on any atom is -0.496 e. The fraction of sp³-hybridized carbons (Fsp3) is 0.200. The Balaban J connectivity index is 1.26. The first kappa shape index (κ1) is 25.3. The highest BCUT2D eigenvalue weighted by atomic mass is 32.2. The van der Waals surface area contributed by atoms with Crippen LogP contribution in [0.25, 0.3) is 26.7 Å². The van der Waals surface area contributed by atoms with Gasteiger partial charge < -0.3 is 4.74 Å². The van der Waals surface area contributed by atoms with Crippen LogP contribution in [0.2, 0.25) is 0 Å². The maximum Gasteiger partial charge on any atom is 0.267 e. The van der Waals surface area contributed by atoms with Crippen molar-refractivity contribution in [1.29, 1.82) is 0 Å². The molecule has 196 valence electrons. The molecule has 7 nitrogen and oxygen atoms in total. The zero-order chi connectivity index (χ0) is 26.8. The van der Waals surface area contributed by atoms with Crippen LogP contribution in [0.5, 0.6) is 5.75 Å². The number of aryl methyl sites for hydroxylation is 2. The average Bonchev–Trinajstić information content (AvgIpc) is 3.35. The molecule has 5 aromatic rings. The normalized spacial score (nSPS) is 13.2. The number of carbonyl (C=O) groups is 1. The predicted molar refractivity (Wildman–Crippen MR) is 159 cm³/mol. The van der Waals surface area contributed by atoms with Gasteiger partial charge in [-0.2, -0.15) is 5.10 Å². The molecule has 6 rings (SSSR count). The fourth-order valence-corrected chi connectivity index (χ4v) is 7.11. The van der Waals surface area contributed by atoms with Crippen LogP contribution >= 0.6 is 23.1 Å². The molecule has 2 aromatic heterocycles. The van der Waals surface area contributed by atoms with E-state index in [1.165, 1.54) is 16.6 Å². The van der Waals surface area contributed by atoms with Crippen LogP contribution in [-0.4, -0.2) is 34.5 Å². The van der Waals surface area contributed by atoms with Crippen molar-refractivity contribution in [2.75, 3.05) is 12.9 Å². The number of thioether (sulfide) groups is 1. The van der Waals surface area contributed by atoms with Crippen LogP contribution in [0, 0.1) is 0 Å². The third-order valence-corrected chi connectivity index (χ3v) is 8.96. The van der Waals surface area contributed by atoms with Crippen molar-refractivity contribution in [3.05, 3.63) is 93.1 Å². The summed E-state index contributed by atoms with van der Waals surface area (Å²) in [4.78, 5) is 33.5. The van der Waals surface area contributed by atoms with Gasteiger partial charge in [0.15, 0.2) is 5.16 Å². The number of para-hydroxylation sites is 1. The van der Waals surface area contributed by atoms with E-state index in [1.54, 1.807) is 29.2 Å². The number of amides is 1. The molecule has 0 bridgehead atoms. The second-order valence-electron chi connectivity index (χ2n) is 9.25. The molecule has 9 heteroatoms. The number of nitrogens with one attached hydrogen (secondary N) is 1. The van der Waals surface area contributed by atoms with Gasteiger partial charge in [0.1, 0.15) is 10.6 Å². The van der Waals surface area contributed by atoms with Gasteiger partial charge in [-0.15, -0.1) is 11.3 Å². The summed E-state index contributed by atoms with van der Waals surface area (Å²) in [5.41, 5.74) is 5.20. The minimum absolute atomic E-state index is 0.0554. The number of benzene rings is 3. The van der Waals surface area contributed by atoms with E-state index >= 15 is 0 Å². The summed E-state index contributed by atoms with van der Waals surface area (Å²) in [7, 11) is 1.61. The topological polar surface area (TPSA) is 85.6 Å². The van der Waals surface area contributed by atoms with Gasteiger partial charge >= 0.3 is 0 Å². The number of nitrogens with zero attached hydrogens (tertiary/aromatic N) is 3. The first-order valence-electron chi connectivity index (χ1n) is 12.8. The number of fused-ring (bicyclic) bond motifs is 4. The van der Waals surface area contributed by atoms with Crippen LogP contribution < -0.4 is 15.7 Å². The van der Waals surface area contributed by atoms with E-state index in [0.717, 1.165) is 63.5 Å². The summed E-state index contributed by atoms with van der Waals surface area (Å²) in [6, 6.07) is 21.3. The van der Waals surface area contributed by atoms with Crippen LogP contribution in [-0.2, 0) is 17.6 Å². The van der Waals surface area contributed by atoms with Crippen molar-refractivity contribution in [2.45, 2.75) is 30.8 Å². The Labute approximate surface area is 233 Å². The lowest BCUT2D eigenvalue weighted by atomic mass is 9.97. The SMILES string of the molecule is COc1ccc2ccccc2c1C=NNC(=O)CSc1nc2sc3c(c2c(=O)n1-c1ccccc1)CCCC3. The molecule has 0 aliphatic heterocycles. The van der Waals surface area contributed by atoms with Crippen molar-refractivity contribution in [2.24, 2.45) is 5.10 Å². The number of hydrogen-bond donors (Lipinski definition) is 1. The van der Waals surface area contributed by atoms with Crippen molar-refractivity contribution in [3.8, 4) is 11.4 Å². The van der Waals surface area contributed by atoms with Gasteiger partial charge in [0.2, 0.25) is 0 Å². The monoisotopic (exact) mass is 554 g/mol. The van der Waals surface area contributed by atoms with Crippen molar-refractivity contribution in [3.63, 3.8) is 0 Å². The number of thiophene rings is 1. The zero-order valence-corrected chi connectivity index (χ0v) is 23.0. The van der Waals surface area contributed by atoms with Gasteiger partial charge in [0, 0.05) is 10.4 Å². The van der Waals surface area contributed by atoms with E-state index < -0.39 is 0 Å². The lowest BCUT2D eigenvalue weighted by Gasteiger charge is -2.13. The second-order valence-corrected chi connectivity index (χ2v) is 11.3. The molecule has 0 spiro atoms. The molecule has 0 atom stereocenters. The van der Waals surface area contributed by atoms with Crippen LogP contribution in [0.3, 0.4) is 0 Å². The number of hydrogen-bond acceptors (Lipinski definition) is 7. The molecule has 1 N–H and O–H groups in total. The average molecular weight is 555 g/mol. The molecule has 0 fully saturated rings. The Bertz CT molecular complexity index is 1780. The predicted octanol–water partition coefficient (Wildman–Crippen LogP) is 5.73. The molecular formula is C30H26N4O3S2. The summed E-state index contributed by atoms with van der Waals surface area (Å²) in [5.74, 6) is 0.429. The number of methoxy groups -OCH3 is 1. The molecule has 0 radical (unpaired) electrons. The number of rotatable bonds is 7. The van der Waals surface area contributed by atoms with E-state index in [0.29, 0.717) is 10.9 Å². The van der Waals surface area contributed by atoms with Crippen molar-refractivity contribution >= 4 is 56.2 Å². The van der Waals surface area contributed by atoms with Crippen molar-refractivity contribution in [1.82, 2.24) is 15.0 Å². The van der Waals surface area contributed by atoms with E-state index in [4.69, 9.17) is 9.72 Å². The lowest BCUT2D eigenvalue weighted by molar-refractivity contribution is -0.118. The van der Waals surface area contributed by atoms with Gasteiger partial charge in [-0.3, -0.25) is 14.2 Å². The minimum atomic E-state index is -0.296. The Morgan fingerprint density at radius 2 is 1.90 bits per heavy atom. The standard InChI is InChI=1S/C30H26N4O3S2/c1-37-24-16-15-19-9-5-6-12-21(19)23(24)17-31-33-26(35)18-38-30-32-28-27(22-13-7-8-14-25(22)39-28)29(36)34(30)20-10-3-2-4-11-20/h2-6,9-12,15-17H,7-8,13-14,18H2,1H3,(H,33,35). The number of ether oxygens (including phenoxy) is 1. The highest BCUT2D eigenvalue weighted by molar-refractivity contribution is 7.99. The first-order chi connectivity index (χ1) is 19.1. The zero-order valence-electron chi connectivity index (χ0n) is 21.3. The Hall–Kier alpha value is -3.95. The van der Waals surface area contributed by atoms with Crippen molar-refractivity contribution < 1.29 is 9.53 Å². The van der Waals surface area contributed by atoms with Crippen LogP contribution in [0.4, 0.5) is 0 Å². The van der Waals surface area contributed by atoms with Gasteiger partial charge in [-0.05, 0) is 60.2 Å². The number of aromatic nitrogens is 2. The fourth-order valence-electron chi connectivity index (χ4n) is 5.01. The third kappa shape index (κ3) is 4.95.